The van der Waals surface area contributed by atoms with Crippen LogP contribution < -0.4 is 5.73 Å². The molecule has 1 rings (SSSR count). The predicted molar refractivity (Wildman–Crippen MR) is 64.5 cm³/mol. The van der Waals surface area contributed by atoms with Crippen molar-refractivity contribution in [2.45, 2.75) is 17.4 Å². The number of benzene rings is 1. The summed E-state index contributed by atoms with van der Waals surface area (Å²) in [4.78, 5) is 1.22. The molecule has 3 N–H and O–H groups in total. The third kappa shape index (κ3) is 4.00. The lowest BCUT2D eigenvalue weighted by atomic mass is 10.3. The summed E-state index contributed by atoms with van der Waals surface area (Å²) in [5.74, 6) is 0.935. The first kappa shape index (κ1) is 12.0. The maximum Gasteiger partial charge on any atom is 0.0582 e. The molecule has 0 aliphatic rings. The zero-order valence-electron chi connectivity index (χ0n) is 7.82. The highest BCUT2D eigenvalue weighted by molar-refractivity contribution is 9.10. The quantitative estimate of drug-likeness (QED) is 0.811. The Bertz CT molecular complexity index is 283. The number of rotatable bonds is 5. The number of hydrogen-bond donors (Lipinski definition) is 2. The summed E-state index contributed by atoms with van der Waals surface area (Å²) >= 11 is 5.23. The molecule has 0 aliphatic carbocycles. The van der Waals surface area contributed by atoms with E-state index in [0.29, 0.717) is 0 Å². The fraction of sp³-hybridized carbons (Fsp3) is 0.400. The van der Waals surface area contributed by atoms with Gasteiger partial charge >= 0.3 is 0 Å². The van der Waals surface area contributed by atoms with E-state index >= 15 is 0 Å². The minimum absolute atomic E-state index is 0.0660. The molecule has 0 amide bonds. The van der Waals surface area contributed by atoms with Crippen molar-refractivity contribution in [3.8, 4) is 0 Å². The van der Waals surface area contributed by atoms with E-state index in [9.17, 15) is 0 Å². The highest BCUT2D eigenvalue weighted by Gasteiger charge is 2.02. The van der Waals surface area contributed by atoms with E-state index in [4.69, 9.17) is 10.8 Å². The third-order valence-corrected chi connectivity index (χ3v) is 3.88. The Morgan fingerprint density at radius 3 is 2.79 bits per heavy atom. The molecule has 1 aromatic rings. The maximum atomic E-state index is 8.74. The van der Waals surface area contributed by atoms with Crippen molar-refractivity contribution >= 4 is 27.7 Å². The molecular weight excluding hydrogens is 262 g/mol. The summed E-state index contributed by atoms with van der Waals surface area (Å²) in [6.07, 6.45) is 0.836. The maximum absolute atomic E-state index is 8.74. The third-order valence-electron chi connectivity index (χ3n) is 1.82. The van der Waals surface area contributed by atoms with E-state index in [-0.39, 0.29) is 12.6 Å². The van der Waals surface area contributed by atoms with Crippen LogP contribution in [-0.4, -0.2) is 23.5 Å². The SMILES string of the molecule is NC(CO)CCSc1ccccc1Br. The Labute approximate surface area is 97.0 Å². The number of aliphatic hydroxyl groups is 1. The van der Waals surface area contributed by atoms with Crippen LogP contribution in [0.5, 0.6) is 0 Å². The molecule has 1 unspecified atom stereocenters. The second-order valence-corrected chi connectivity index (χ2v) is 5.00. The van der Waals surface area contributed by atoms with Crippen molar-refractivity contribution in [2.75, 3.05) is 12.4 Å². The molecule has 0 saturated carbocycles. The molecule has 0 saturated heterocycles. The lowest BCUT2D eigenvalue weighted by Crippen LogP contribution is -2.24. The van der Waals surface area contributed by atoms with Crippen molar-refractivity contribution < 1.29 is 5.11 Å². The standard InChI is InChI=1S/C10H14BrNOS/c11-9-3-1-2-4-10(9)14-6-5-8(12)7-13/h1-4,8,13H,5-7,12H2. The van der Waals surface area contributed by atoms with Gasteiger partial charge in [-0.15, -0.1) is 11.8 Å². The lowest BCUT2D eigenvalue weighted by Gasteiger charge is -2.07. The van der Waals surface area contributed by atoms with Crippen LogP contribution in [-0.2, 0) is 0 Å². The average molecular weight is 276 g/mol. The largest absolute Gasteiger partial charge is 0.395 e. The second kappa shape index (κ2) is 6.45. The van der Waals surface area contributed by atoms with E-state index in [1.54, 1.807) is 11.8 Å². The van der Waals surface area contributed by atoms with Gasteiger partial charge in [0.15, 0.2) is 0 Å². The van der Waals surface area contributed by atoms with Crippen molar-refractivity contribution in [2.24, 2.45) is 5.73 Å². The predicted octanol–water partition coefficient (Wildman–Crippen LogP) is 2.25. The first-order valence-electron chi connectivity index (χ1n) is 4.48. The molecule has 0 heterocycles. The van der Waals surface area contributed by atoms with E-state index in [0.717, 1.165) is 16.6 Å². The molecule has 0 radical (unpaired) electrons. The van der Waals surface area contributed by atoms with Crippen molar-refractivity contribution in [1.29, 1.82) is 0 Å². The monoisotopic (exact) mass is 275 g/mol. The summed E-state index contributed by atoms with van der Waals surface area (Å²) in [7, 11) is 0. The molecule has 0 aliphatic heterocycles. The number of hydrogen-bond acceptors (Lipinski definition) is 3. The minimum atomic E-state index is -0.0926. The molecule has 0 fully saturated rings. The van der Waals surface area contributed by atoms with Crippen LogP contribution in [0.2, 0.25) is 0 Å². The Morgan fingerprint density at radius 2 is 2.14 bits per heavy atom. The molecular formula is C10H14BrNOS. The number of aliphatic hydroxyl groups excluding tert-OH is 1. The van der Waals surface area contributed by atoms with Gasteiger partial charge in [0, 0.05) is 15.4 Å². The van der Waals surface area contributed by atoms with Crippen LogP contribution in [0.1, 0.15) is 6.42 Å². The van der Waals surface area contributed by atoms with E-state index in [1.165, 1.54) is 4.90 Å². The topological polar surface area (TPSA) is 46.2 Å². The highest BCUT2D eigenvalue weighted by Crippen LogP contribution is 2.27. The van der Waals surface area contributed by atoms with Crippen molar-refractivity contribution in [3.63, 3.8) is 0 Å². The Morgan fingerprint density at radius 1 is 1.43 bits per heavy atom. The first-order chi connectivity index (χ1) is 6.74. The van der Waals surface area contributed by atoms with Gasteiger partial charge in [-0.1, -0.05) is 12.1 Å². The highest BCUT2D eigenvalue weighted by atomic mass is 79.9. The Kier molecular flexibility index (Phi) is 5.55. The van der Waals surface area contributed by atoms with Crippen molar-refractivity contribution in [3.05, 3.63) is 28.7 Å². The number of halogens is 1. The number of thioether (sulfide) groups is 1. The van der Waals surface area contributed by atoms with Crippen LogP contribution in [0, 0.1) is 0 Å². The number of nitrogens with two attached hydrogens (primary N) is 1. The van der Waals surface area contributed by atoms with Crippen LogP contribution in [0.4, 0.5) is 0 Å². The van der Waals surface area contributed by atoms with Crippen molar-refractivity contribution in [1.82, 2.24) is 0 Å². The molecule has 1 aromatic carbocycles. The van der Waals surface area contributed by atoms with Crippen LogP contribution in [0.15, 0.2) is 33.6 Å². The molecule has 4 heteroatoms. The summed E-state index contributed by atoms with van der Waals surface area (Å²) in [5, 5.41) is 8.74. The summed E-state index contributed by atoms with van der Waals surface area (Å²) in [6.45, 7) is 0.0660. The average Bonchev–Trinajstić information content (AvgIpc) is 2.20. The molecule has 0 bridgehead atoms. The summed E-state index contributed by atoms with van der Waals surface area (Å²) < 4.78 is 1.11. The van der Waals surface area contributed by atoms with E-state index < -0.39 is 0 Å². The second-order valence-electron chi connectivity index (χ2n) is 3.01. The molecule has 0 aromatic heterocycles. The lowest BCUT2D eigenvalue weighted by molar-refractivity contribution is 0.264. The van der Waals surface area contributed by atoms with Gasteiger partial charge in [-0.2, -0.15) is 0 Å². The van der Waals surface area contributed by atoms with Gasteiger partial charge in [0.2, 0.25) is 0 Å². The fourth-order valence-corrected chi connectivity index (χ4v) is 2.62. The molecule has 0 spiro atoms. The smallest absolute Gasteiger partial charge is 0.0582 e. The van der Waals surface area contributed by atoms with Gasteiger partial charge in [-0.3, -0.25) is 0 Å². The normalized spacial score (nSPS) is 12.8. The molecule has 78 valence electrons. The first-order valence-corrected chi connectivity index (χ1v) is 6.25. The van der Waals surface area contributed by atoms with Crippen LogP contribution in [0.25, 0.3) is 0 Å². The molecule has 14 heavy (non-hydrogen) atoms. The summed E-state index contributed by atoms with van der Waals surface area (Å²) in [5.41, 5.74) is 5.60. The van der Waals surface area contributed by atoms with Gasteiger partial charge in [0.25, 0.3) is 0 Å². The summed E-state index contributed by atoms with van der Waals surface area (Å²) in [6, 6.07) is 8.00. The minimum Gasteiger partial charge on any atom is -0.395 e. The molecule has 1 atom stereocenters. The van der Waals surface area contributed by atoms with Gasteiger partial charge in [0.05, 0.1) is 6.61 Å². The van der Waals surface area contributed by atoms with E-state index in [2.05, 4.69) is 22.0 Å². The van der Waals surface area contributed by atoms with E-state index in [1.807, 2.05) is 18.2 Å². The zero-order valence-corrected chi connectivity index (χ0v) is 10.2. The van der Waals surface area contributed by atoms with Gasteiger partial charge in [-0.25, -0.2) is 0 Å². The van der Waals surface area contributed by atoms with Gasteiger partial charge in [0.1, 0.15) is 0 Å². The van der Waals surface area contributed by atoms with Gasteiger partial charge in [-0.05, 0) is 40.2 Å². The van der Waals surface area contributed by atoms with Crippen LogP contribution >= 0.6 is 27.7 Å². The zero-order chi connectivity index (χ0) is 10.4. The van der Waals surface area contributed by atoms with Crippen LogP contribution in [0.3, 0.4) is 0 Å². The Balaban J connectivity index is 2.35. The molecule has 2 nitrogen and oxygen atoms in total. The Hall–Kier alpha value is -0.0300. The van der Waals surface area contributed by atoms with Gasteiger partial charge < -0.3 is 10.8 Å². The fourth-order valence-electron chi connectivity index (χ4n) is 0.973.